The summed E-state index contributed by atoms with van der Waals surface area (Å²) in [7, 11) is 0. The molecule has 0 saturated carbocycles. The van der Waals surface area contributed by atoms with E-state index in [2.05, 4.69) is 15.6 Å². The van der Waals surface area contributed by atoms with E-state index < -0.39 is 41.9 Å². The normalized spacial score (nSPS) is 17.5. The number of hydrogen-bond acceptors (Lipinski definition) is 7. The fraction of sp³-hybridized carbons (Fsp3) is 0.395. The van der Waals surface area contributed by atoms with Gasteiger partial charge in [-0.1, -0.05) is 66.7 Å². The lowest BCUT2D eigenvalue weighted by molar-refractivity contribution is -0.127. The van der Waals surface area contributed by atoms with Gasteiger partial charge in [0.25, 0.3) is 0 Å². The molecule has 1 aromatic heterocycles. The van der Waals surface area contributed by atoms with Crippen LogP contribution in [-0.2, 0) is 35.3 Å². The summed E-state index contributed by atoms with van der Waals surface area (Å²) in [5.41, 5.74) is 2.98. The highest BCUT2D eigenvalue weighted by molar-refractivity contribution is 5.80. The van der Waals surface area contributed by atoms with Crippen LogP contribution in [0.3, 0.4) is 0 Å². The van der Waals surface area contributed by atoms with Crippen LogP contribution in [0.25, 0.3) is 0 Å². The molecule has 4 N–H and O–H groups in total. The van der Waals surface area contributed by atoms with Gasteiger partial charge in [0.1, 0.15) is 18.0 Å². The number of fused-ring (bicyclic) bond motifs is 1. The summed E-state index contributed by atoms with van der Waals surface area (Å²) >= 11 is 0. The summed E-state index contributed by atoms with van der Waals surface area (Å²) in [6.45, 7) is 6.48. The molecule has 0 bridgehead atoms. The molecule has 5 atom stereocenters. The molecule has 0 aliphatic heterocycles. The van der Waals surface area contributed by atoms with Crippen LogP contribution in [0.2, 0.25) is 0 Å². The molecule has 0 spiro atoms. The summed E-state index contributed by atoms with van der Waals surface area (Å²) < 4.78 is 13.3. The molecule has 4 aromatic rings. The van der Waals surface area contributed by atoms with Crippen molar-refractivity contribution in [1.29, 1.82) is 0 Å². The standard InChI is InChI=1S/C38H46N4O6/c1-38(2,3)48-37(46)40-32(22-26-9-5-4-6-10-26)33(43)24-29(36(45)41-35-31-12-8-7-11-28(31)23-34(35)44)21-27-13-15-30(16-14-27)47-20-19-42-18-17-39-25-42/h4-18,25,29,32-35,43-44H,19-24H2,1-3H3,(H,40,46)(H,41,45)/t29-,32+,33+,34-,35+/m1/s1. The molecule has 0 radical (unpaired) electrons. The van der Waals surface area contributed by atoms with E-state index >= 15 is 0 Å². The molecule has 1 aliphatic rings. The topological polar surface area (TPSA) is 135 Å². The number of benzene rings is 3. The van der Waals surface area contributed by atoms with Crippen LogP contribution in [0, 0.1) is 5.92 Å². The maximum atomic E-state index is 14.0. The molecule has 1 heterocycles. The van der Waals surface area contributed by atoms with Gasteiger partial charge >= 0.3 is 6.09 Å². The minimum absolute atomic E-state index is 0.0623. The van der Waals surface area contributed by atoms with Crippen LogP contribution in [0.15, 0.2) is 97.6 Å². The minimum Gasteiger partial charge on any atom is -0.492 e. The third-order valence-electron chi connectivity index (χ3n) is 8.45. The Bertz CT molecular complexity index is 1600. The smallest absolute Gasteiger partial charge is 0.407 e. The van der Waals surface area contributed by atoms with Gasteiger partial charge in [-0.3, -0.25) is 4.79 Å². The highest BCUT2D eigenvalue weighted by Crippen LogP contribution is 2.32. The monoisotopic (exact) mass is 654 g/mol. The Morgan fingerprint density at radius 2 is 1.69 bits per heavy atom. The lowest BCUT2D eigenvalue weighted by Crippen LogP contribution is -2.48. The minimum atomic E-state index is -1.08. The van der Waals surface area contributed by atoms with Crippen LogP contribution < -0.4 is 15.4 Å². The zero-order valence-corrected chi connectivity index (χ0v) is 27.8. The van der Waals surface area contributed by atoms with E-state index in [0.717, 1.165) is 22.3 Å². The van der Waals surface area contributed by atoms with Gasteiger partial charge in [-0.2, -0.15) is 0 Å². The lowest BCUT2D eigenvalue weighted by Gasteiger charge is -2.29. The molecule has 48 heavy (non-hydrogen) atoms. The zero-order chi connectivity index (χ0) is 34.1. The maximum absolute atomic E-state index is 14.0. The second-order valence-corrected chi connectivity index (χ2v) is 13.4. The Labute approximate surface area is 282 Å². The SMILES string of the molecule is CC(C)(C)OC(=O)N[C@@H](Cc1ccccc1)[C@@H](O)C[C@@H](Cc1ccc(OCCn2ccnc2)cc1)C(=O)N[C@H]1c2ccccc2C[C@H]1O. The average molecular weight is 655 g/mol. The summed E-state index contributed by atoms with van der Waals surface area (Å²) in [5.74, 6) is -0.257. The molecule has 2 amide bonds. The number of carbonyl (C=O) groups excluding carboxylic acids is 2. The number of alkyl carbamates (subject to hydrolysis) is 1. The zero-order valence-electron chi connectivity index (χ0n) is 27.8. The Morgan fingerprint density at radius 1 is 0.979 bits per heavy atom. The summed E-state index contributed by atoms with van der Waals surface area (Å²) in [5, 5.41) is 28.5. The number of rotatable bonds is 14. The molecule has 0 saturated heterocycles. The summed E-state index contributed by atoms with van der Waals surface area (Å²) in [6.07, 6.45) is 4.05. The lowest BCUT2D eigenvalue weighted by atomic mass is 9.88. The van der Waals surface area contributed by atoms with Gasteiger partial charge in [-0.15, -0.1) is 0 Å². The van der Waals surface area contributed by atoms with Gasteiger partial charge in [-0.05, 0) is 74.4 Å². The molecular weight excluding hydrogens is 608 g/mol. The van der Waals surface area contributed by atoms with Crippen molar-refractivity contribution in [2.45, 2.75) is 82.9 Å². The van der Waals surface area contributed by atoms with E-state index in [1.807, 2.05) is 89.6 Å². The molecule has 0 fully saturated rings. The Morgan fingerprint density at radius 3 is 2.40 bits per heavy atom. The van der Waals surface area contributed by atoms with Gasteiger partial charge in [0.15, 0.2) is 0 Å². The van der Waals surface area contributed by atoms with Crippen molar-refractivity contribution in [3.8, 4) is 5.75 Å². The van der Waals surface area contributed by atoms with Crippen LogP contribution in [0.4, 0.5) is 4.79 Å². The second kappa shape index (κ2) is 16.0. The van der Waals surface area contributed by atoms with Crippen LogP contribution >= 0.6 is 0 Å². The van der Waals surface area contributed by atoms with Crippen molar-refractivity contribution < 1.29 is 29.3 Å². The number of amides is 2. The van der Waals surface area contributed by atoms with E-state index in [4.69, 9.17) is 9.47 Å². The largest absolute Gasteiger partial charge is 0.492 e. The third-order valence-corrected chi connectivity index (χ3v) is 8.45. The molecule has 0 unspecified atom stereocenters. The molecule has 3 aromatic carbocycles. The predicted octanol–water partition coefficient (Wildman–Crippen LogP) is 4.78. The molecule has 5 rings (SSSR count). The van der Waals surface area contributed by atoms with Crippen LogP contribution in [0.5, 0.6) is 5.75 Å². The van der Waals surface area contributed by atoms with E-state index in [-0.39, 0.29) is 12.3 Å². The Balaban J connectivity index is 1.33. The number of imidazole rings is 1. The number of ether oxygens (including phenoxy) is 2. The van der Waals surface area contributed by atoms with Gasteiger partial charge in [-0.25, -0.2) is 9.78 Å². The first-order chi connectivity index (χ1) is 23.0. The fourth-order valence-corrected chi connectivity index (χ4v) is 6.06. The molecular formula is C38H46N4O6. The molecule has 254 valence electrons. The molecule has 10 heteroatoms. The van der Waals surface area contributed by atoms with Gasteiger partial charge in [0.05, 0.1) is 37.2 Å². The highest BCUT2D eigenvalue weighted by Gasteiger charge is 2.35. The quantitative estimate of drug-likeness (QED) is 0.154. The van der Waals surface area contributed by atoms with E-state index in [1.165, 1.54) is 0 Å². The van der Waals surface area contributed by atoms with Crippen LogP contribution in [-0.4, -0.2) is 62.2 Å². The first kappa shape index (κ1) is 34.7. The van der Waals surface area contributed by atoms with Gasteiger partial charge < -0.3 is 34.9 Å². The van der Waals surface area contributed by atoms with Crippen molar-refractivity contribution in [3.05, 3.63) is 120 Å². The Hall–Kier alpha value is -4.67. The summed E-state index contributed by atoms with van der Waals surface area (Å²) in [6, 6.07) is 23.6. The van der Waals surface area contributed by atoms with E-state index in [9.17, 15) is 19.8 Å². The summed E-state index contributed by atoms with van der Waals surface area (Å²) in [4.78, 5) is 30.9. The number of nitrogens with one attached hydrogen (secondary N) is 2. The number of aliphatic hydroxyl groups excluding tert-OH is 2. The van der Waals surface area contributed by atoms with Gasteiger partial charge in [0.2, 0.25) is 5.91 Å². The van der Waals surface area contributed by atoms with E-state index in [1.54, 1.807) is 33.3 Å². The van der Waals surface area contributed by atoms with Crippen molar-refractivity contribution in [2.24, 2.45) is 5.92 Å². The number of hydrogen-bond donors (Lipinski definition) is 4. The molecule has 10 nitrogen and oxygen atoms in total. The van der Waals surface area contributed by atoms with Gasteiger partial charge in [0, 0.05) is 24.7 Å². The van der Waals surface area contributed by atoms with Crippen molar-refractivity contribution >= 4 is 12.0 Å². The fourth-order valence-electron chi connectivity index (χ4n) is 6.06. The number of nitrogens with zero attached hydrogens (tertiary/aromatic N) is 2. The van der Waals surface area contributed by atoms with Crippen molar-refractivity contribution in [3.63, 3.8) is 0 Å². The van der Waals surface area contributed by atoms with E-state index in [0.29, 0.717) is 38.2 Å². The van der Waals surface area contributed by atoms with Crippen molar-refractivity contribution in [2.75, 3.05) is 6.61 Å². The first-order valence-electron chi connectivity index (χ1n) is 16.5. The third kappa shape index (κ3) is 9.92. The average Bonchev–Trinajstić information content (AvgIpc) is 3.68. The number of aromatic nitrogens is 2. The first-order valence-corrected chi connectivity index (χ1v) is 16.5. The number of aliphatic hydroxyl groups is 2. The predicted molar refractivity (Wildman–Crippen MR) is 182 cm³/mol. The second-order valence-electron chi connectivity index (χ2n) is 13.4. The Kier molecular flexibility index (Phi) is 11.5. The molecule has 1 aliphatic carbocycles. The number of carbonyl (C=O) groups is 2. The van der Waals surface area contributed by atoms with Crippen molar-refractivity contribution in [1.82, 2.24) is 20.2 Å². The maximum Gasteiger partial charge on any atom is 0.407 e. The van der Waals surface area contributed by atoms with Crippen LogP contribution in [0.1, 0.15) is 55.5 Å². The highest BCUT2D eigenvalue weighted by atomic mass is 16.6.